The third kappa shape index (κ3) is 3.46. The monoisotopic (exact) mass is 327 g/mol. The van der Waals surface area contributed by atoms with Gasteiger partial charge in [-0.2, -0.15) is 5.10 Å². The highest BCUT2D eigenvalue weighted by Gasteiger charge is 2.21. The molecule has 1 aromatic carbocycles. The Morgan fingerprint density at radius 3 is 3.00 bits per heavy atom. The van der Waals surface area contributed by atoms with Gasteiger partial charge in [0.05, 0.1) is 0 Å². The van der Waals surface area contributed by atoms with E-state index in [0.717, 1.165) is 30.6 Å². The average molecular weight is 327 g/mol. The van der Waals surface area contributed by atoms with Crippen LogP contribution in [0.3, 0.4) is 0 Å². The lowest BCUT2D eigenvalue weighted by Crippen LogP contribution is -2.25. The molecule has 3 rings (SSSR count). The van der Waals surface area contributed by atoms with E-state index in [0.29, 0.717) is 30.0 Å². The Morgan fingerprint density at radius 1 is 1.29 bits per heavy atom. The quantitative estimate of drug-likeness (QED) is 0.668. The van der Waals surface area contributed by atoms with E-state index in [4.69, 9.17) is 0 Å². The van der Waals surface area contributed by atoms with Crippen molar-refractivity contribution in [1.82, 2.24) is 20.8 Å². The molecule has 1 aliphatic heterocycles. The number of aromatic nitrogens is 2. The van der Waals surface area contributed by atoms with Gasteiger partial charge in [0.1, 0.15) is 0 Å². The summed E-state index contributed by atoms with van der Waals surface area (Å²) in [6, 6.07) is 6.89. The predicted octanol–water partition coefficient (Wildman–Crippen LogP) is 1.45. The number of rotatable bonds is 5. The number of nitrogens with zero attached hydrogens (tertiary/aromatic N) is 1. The van der Waals surface area contributed by atoms with Crippen LogP contribution in [0.2, 0.25) is 0 Å². The summed E-state index contributed by atoms with van der Waals surface area (Å²) in [7, 11) is 0. The number of aromatic amines is 1. The summed E-state index contributed by atoms with van der Waals surface area (Å²) in [6.45, 7) is 4.14. The predicted molar refractivity (Wildman–Crippen MR) is 91.0 cm³/mol. The summed E-state index contributed by atoms with van der Waals surface area (Å²) in [5, 5.41) is 15.9. The highest BCUT2D eigenvalue weighted by atomic mass is 16.2. The minimum atomic E-state index is -0.276. The van der Waals surface area contributed by atoms with Crippen molar-refractivity contribution in [3.8, 4) is 0 Å². The van der Waals surface area contributed by atoms with Crippen molar-refractivity contribution in [1.29, 1.82) is 0 Å². The number of anilines is 1. The molecule has 7 nitrogen and oxygen atoms in total. The van der Waals surface area contributed by atoms with Gasteiger partial charge < -0.3 is 16.0 Å². The van der Waals surface area contributed by atoms with Crippen molar-refractivity contribution in [3.63, 3.8) is 0 Å². The number of fused-ring (bicyclic) bond motifs is 1. The first kappa shape index (κ1) is 16.2. The molecule has 126 valence electrons. The number of amides is 2. The van der Waals surface area contributed by atoms with E-state index in [9.17, 15) is 9.59 Å². The van der Waals surface area contributed by atoms with E-state index >= 15 is 0 Å². The average Bonchev–Trinajstić information content (AvgIpc) is 3.04. The zero-order chi connectivity index (χ0) is 16.9. The smallest absolute Gasteiger partial charge is 0.276 e. The normalized spacial score (nSPS) is 13.2. The van der Waals surface area contributed by atoms with Crippen LogP contribution in [0, 0.1) is 0 Å². The Morgan fingerprint density at radius 2 is 2.17 bits per heavy atom. The van der Waals surface area contributed by atoms with E-state index in [1.807, 2.05) is 6.92 Å². The van der Waals surface area contributed by atoms with Crippen LogP contribution < -0.4 is 16.0 Å². The number of nitrogens with one attached hydrogen (secondary N) is 4. The molecule has 0 atom stereocenters. The topological polar surface area (TPSA) is 98.9 Å². The fourth-order valence-electron chi connectivity index (χ4n) is 2.68. The summed E-state index contributed by atoms with van der Waals surface area (Å²) in [4.78, 5) is 24.5. The van der Waals surface area contributed by atoms with Crippen LogP contribution in [0.15, 0.2) is 24.3 Å². The van der Waals surface area contributed by atoms with Crippen LogP contribution in [-0.4, -0.2) is 35.1 Å². The van der Waals surface area contributed by atoms with Gasteiger partial charge >= 0.3 is 0 Å². The molecule has 1 aliphatic rings. The van der Waals surface area contributed by atoms with Crippen molar-refractivity contribution in [2.45, 2.75) is 26.3 Å². The molecule has 7 heteroatoms. The highest BCUT2D eigenvalue weighted by Crippen LogP contribution is 2.17. The number of hydrogen-bond acceptors (Lipinski definition) is 4. The Balaban J connectivity index is 1.73. The molecule has 0 unspecified atom stereocenters. The molecule has 2 heterocycles. The van der Waals surface area contributed by atoms with Gasteiger partial charge in [-0.3, -0.25) is 14.7 Å². The number of benzene rings is 1. The summed E-state index contributed by atoms with van der Waals surface area (Å²) < 4.78 is 0. The van der Waals surface area contributed by atoms with Crippen molar-refractivity contribution in [2.75, 3.05) is 18.4 Å². The molecule has 0 fully saturated rings. The van der Waals surface area contributed by atoms with Crippen LogP contribution in [0.4, 0.5) is 5.69 Å². The zero-order valence-corrected chi connectivity index (χ0v) is 13.6. The van der Waals surface area contributed by atoms with Gasteiger partial charge in [-0.15, -0.1) is 0 Å². The molecular weight excluding hydrogens is 306 g/mol. The fraction of sp³-hybridized carbons (Fsp3) is 0.353. The molecule has 0 saturated heterocycles. The summed E-state index contributed by atoms with van der Waals surface area (Å²) in [5.41, 5.74) is 3.41. The minimum absolute atomic E-state index is 0.144. The van der Waals surface area contributed by atoms with Crippen LogP contribution in [0.5, 0.6) is 0 Å². The third-order valence-corrected chi connectivity index (χ3v) is 3.94. The van der Waals surface area contributed by atoms with Gasteiger partial charge in [0, 0.05) is 48.6 Å². The van der Waals surface area contributed by atoms with Gasteiger partial charge in [0.25, 0.3) is 11.8 Å². The van der Waals surface area contributed by atoms with Crippen LogP contribution in [0.25, 0.3) is 0 Å². The first-order valence-electron chi connectivity index (χ1n) is 8.15. The molecule has 24 heavy (non-hydrogen) atoms. The lowest BCUT2D eigenvalue weighted by molar-refractivity contribution is 0.0952. The van der Waals surface area contributed by atoms with Crippen molar-refractivity contribution < 1.29 is 9.59 Å². The molecule has 0 spiro atoms. The van der Waals surface area contributed by atoms with Gasteiger partial charge in [0.2, 0.25) is 0 Å². The second-order valence-corrected chi connectivity index (χ2v) is 5.75. The molecule has 1 aromatic heterocycles. The maximum absolute atomic E-state index is 12.5. The summed E-state index contributed by atoms with van der Waals surface area (Å²) in [6.07, 6.45) is 1.71. The van der Waals surface area contributed by atoms with Gasteiger partial charge in [0.15, 0.2) is 5.69 Å². The Kier molecular flexibility index (Phi) is 4.90. The second-order valence-electron chi connectivity index (χ2n) is 5.75. The van der Waals surface area contributed by atoms with Gasteiger partial charge in [-0.25, -0.2) is 0 Å². The maximum Gasteiger partial charge on any atom is 0.276 e. The first-order valence-corrected chi connectivity index (χ1v) is 8.15. The second kappa shape index (κ2) is 7.27. The van der Waals surface area contributed by atoms with Crippen molar-refractivity contribution in [3.05, 3.63) is 46.8 Å². The van der Waals surface area contributed by atoms with Crippen LogP contribution in [0.1, 0.15) is 45.4 Å². The van der Waals surface area contributed by atoms with Crippen LogP contribution in [-0.2, 0) is 13.0 Å². The van der Waals surface area contributed by atoms with Crippen molar-refractivity contribution in [2.24, 2.45) is 0 Å². The number of carbonyl (C=O) groups excluding carboxylic acids is 2. The fourth-order valence-corrected chi connectivity index (χ4v) is 2.68. The highest BCUT2D eigenvalue weighted by molar-refractivity contribution is 6.05. The third-order valence-electron chi connectivity index (χ3n) is 3.94. The van der Waals surface area contributed by atoms with Gasteiger partial charge in [-0.05, 0) is 24.6 Å². The largest absolute Gasteiger partial charge is 0.352 e. The van der Waals surface area contributed by atoms with Gasteiger partial charge in [-0.1, -0.05) is 13.0 Å². The first-order chi connectivity index (χ1) is 11.7. The SMILES string of the molecule is CCCNC(=O)c1cccc(NC(=O)c2n[nH]c3c2CNCC3)c1. The van der Waals surface area contributed by atoms with Crippen molar-refractivity contribution >= 4 is 17.5 Å². The summed E-state index contributed by atoms with van der Waals surface area (Å²) >= 11 is 0. The van der Waals surface area contributed by atoms with Crippen LogP contribution >= 0.6 is 0 Å². The lowest BCUT2D eigenvalue weighted by Gasteiger charge is -2.13. The van der Waals surface area contributed by atoms with E-state index in [1.165, 1.54) is 0 Å². The number of carbonyl (C=O) groups is 2. The number of H-pyrrole nitrogens is 1. The molecule has 0 bridgehead atoms. The molecule has 0 radical (unpaired) electrons. The maximum atomic E-state index is 12.5. The Labute approximate surface area is 140 Å². The van der Waals surface area contributed by atoms with E-state index < -0.39 is 0 Å². The van der Waals surface area contributed by atoms with E-state index in [2.05, 4.69) is 26.1 Å². The zero-order valence-electron chi connectivity index (χ0n) is 13.6. The molecular formula is C17H21N5O2. The molecule has 0 saturated carbocycles. The lowest BCUT2D eigenvalue weighted by atomic mass is 10.1. The standard InChI is InChI=1S/C17H21N5O2/c1-2-7-19-16(23)11-4-3-5-12(9-11)20-17(24)15-13-10-18-8-6-14(13)21-22-15/h3-5,9,18H,2,6-8,10H2,1H3,(H,19,23)(H,20,24)(H,21,22). The minimum Gasteiger partial charge on any atom is -0.352 e. The molecule has 2 amide bonds. The Hall–Kier alpha value is -2.67. The molecule has 4 N–H and O–H groups in total. The Bertz CT molecular complexity index is 753. The molecule has 0 aliphatic carbocycles. The van der Waals surface area contributed by atoms with E-state index in [-0.39, 0.29) is 11.8 Å². The number of hydrogen-bond donors (Lipinski definition) is 4. The molecule has 2 aromatic rings. The summed E-state index contributed by atoms with van der Waals surface area (Å²) in [5.74, 6) is -0.420. The van der Waals surface area contributed by atoms with E-state index in [1.54, 1.807) is 24.3 Å².